The summed E-state index contributed by atoms with van der Waals surface area (Å²) in [6.45, 7) is 4.19. The van der Waals surface area contributed by atoms with Crippen molar-refractivity contribution in [2.75, 3.05) is 6.54 Å². The molecule has 6 heteroatoms. The van der Waals surface area contributed by atoms with Crippen LogP contribution in [0.15, 0.2) is 0 Å². The van der Waals surface area contributed by atoms with Gasteiger partial charge in [0.05, 0.1) is 12.1 Å². The molecule has 1 N–H and O–H groups in total. The van der Waals surface area contributed by atoms with Crippen LogP contribution in [0.2, 0.25) is 0 Å². The Kier molecular flexibility index (Phi) is 10.9. The molecule has 0 fully saturated rings. The van der Waals surface area contributed by atoms with Gasteiger partial charge in [0.1, 0.15) is 0 Å². The van der Waals surface area contributed by atoms with Crippen molar-refractivity contribution in [2.45, 2.75) is 82.8 Å². The highest BCUT2D eigenvalue weighted by molar-refractivity contribution is 7.91. The number of nitriles is 2. The van der Waals surface area contributed by atoms with Crippen molar-refractivity contribution in [3.63, 3.8) is 0 Å². The van der Waals surface area contributed by atoms with Gasteiger partial charge in [0.2, 0.25) is 10.0 Å². The zero-order valence-electron chi connectivity index (χ0n) is 13.9. The van der Waals surface area contributed by atoms with Crippen LogP contribution in [0.25, 0.3) is 0 Å². The molecule has 0 bridgehead atoms. The minimum atomic E-state index is -3.73. The number of unbranched alkanes of at least 4 members (excludes halogenated alkanes) is 5. The molecule has 0 aromatic rings. The van der Waals surface area contributed by atoms with Gasteiger partial charge >= 0.3 is 0 Å². The maximum Gasteiger partial charge on any atom is 0.230 e. The average molecular weight is 327 g/mol. The summed E-state index contributed by atoms with van der Waals surface area (Å²) in [5, 5.41) is 18.1. The third-order valence-electron chi connectivity index (χ3n) is 3.87. The molecular weight excluding hydrogens is 298 g/mol. The molecule has 0 radical (unpaired) electrons. The van der Waals surface area contributed by atoms with E-state index < -0.39 is 14.8 Å². The Hall–Kier alpha value is -1.11. The van der Waals surface area contributed by atoms with Crippen molar-refractivity contribution < 1.29 is 8.42 Å². The maximum atomic E-state index is 12.5. The largest absolute Gasteiger partial charge is 0.230 e. The van der Waals surface area contributed by atoms with Crippen LogP contribution in [0.3, 0.4) is 0 Å². The van der Waals surface area contributed by atoms with E-state index in [0.29, 0.717) is 19.3 Å². The lowest BCUT2D eigenvalue weighted by atomic mass is 9.95. The van der Waals surface area contributed by atoms with Crippen molar-refractivity contribution >= 4 is 10.0 Å². The molecule has 1 unspecified atom stereocenters. The van der Waals surface area contributed by atoms with Crippen molar-refractivity contribution in [3.05, 3.63) is 0 Å². The van der Waals surface area contributed by atoms with Gasteiger partial charge in [-0.25, -0.2) is 13.1 Å². The lowest BCUT2D eigenvalue weighted by Crippen LogP contribution is -2.45. The van der Waals surface area contributed by atoms with Gasteiger partial charge in [-0.2, -0.15) is 10.5 Å². The number of nitrogens with one attached hydrogen (secondary N) is 1. The van der Waals surface area contributed by atoms with Crippen LogP contribution in [-0.2, 0) is 10.0 Å². The Labute approximate surface area is 135 Å². The molecule has 0 saturated carbocycles. The Bertz CT molecular complexity index is 477. The van der Waals surface area contributed by atoms with Crippen molar-refractivity contribution in [1.82, 2.24) is 4.72 Å². The van der Waals surface area contributed by atoms with E-state index in [1.54, 1.807) is 0 Å². The monoisotopic (exact) mass is 327 g/mol. The van der Waals surface area contributed by atoms with E-state index in [9.17, 15) is 13.7 Å². The maximum absolute atomic E-state index is 12.5. The summed E-state index contributed by atoms with van der Waals surface area (Å²) in [5.74, 6) is 0. The Morgan fingerprint density at radius 1 is 0.955 bits per heavy atom. The normalized spacial score (nSPS) is 14.0. The first-order valence-electron chi connectivity index (χ1n) is 8.27. The lowest BCUT2D eigenvalue weighted by Gasteiger charge is -2.26. The quantitative estimate of drug-likeness (QED) is 0.523. The van der Waals surface area contributed by atoms with E-state index in [4.69, 9.17) is 5.26 Å². The Morgan fingerprint density at radius 2 is 1.55 bits per heavy atom. The molecule has 22 heavy (non-hydrogen) atoms. The van der Waals surface area contributed by atoms with Gasteiger partial charge in [-0.15, -0.1) is 0 Å². The van der Waals surface area contributed by atoms with Gasteiger partial charge in [-0.05, 0) is 12.8 Å². The SMILES string of the molecule is CCCCCCCC(C#N)(CCCC)S(=O)(=O)NCCC#N. The highest BCUT2D eigenvalue weighted by Crippen LogP contribution is 2.29. The van der Waals surface area contributed by atoms with Crippen LogP contribution in [0, 0.1) is 22.7 Å². The fourth-order valence-electron chi connectivity index (χ4n) is 2.42. The highest BCUT2D eigenvalue weighted by Gasteiger charge is 2.42. The molecule has 126 valence electrons. The second-order valence-corrected chi connectivity index (χ2v) is 7.76. The summed E-state index contributed by atoms with van der Waals surface area (Å²) in [4.78, 5) is 0. The zero-order valence-corrected chi connectivity index (χ0v) is 14.7. The molecule has 0 aliphatic carbocycles. The number of hydrogen-bond acceptors (Lipinski definition) is 4. The fraction of sp³-hybridized carbons (Fsp3) is 0.875. The summed E-state index contributed by atoms with van der Waals surface area (Å²) >= 11 is 0. The lowest BCUT2D eigenvalue weighted by molar-refractivity contribution is 0.472. The molecule has 0 aromatic heterocycles. The smallest absolute Gasteiger partial charge is 0.213 e. The number of hydrogen-bond donors (Lipinski definition) is 1. The Morgan fingerprint density at radius 3 is 2.09 bits per heavy atom. The van der Waals surface area contributed by atoms with Gasteiger partial charge in [-0.3, -0.25) is 0 Å². The van der Waals surface area contributed by atoms with Gasteiger partial charge in [0, 0.05) is 13.0 Å². The summed E-state index contributed by atoms with van der Waals surface area (Å²) in [6, 6.07) is 3.98. The molecule has 5 nitrogen and oxygen atoms in total. The first kappa shape index (κ1) is 20.9. The zero-order chi connectivity index (χ0) is 16.9. The molecule has 0 amide bonds. The fourth-order valence-corrected chi connectivity index (χ4v) is 4.01. The second kappa shape index (κ2) is 11.5. The average Bonchev–Trinajstić information content (AvgIpc) is 2.50. The molecule has 0 heterocycles. The summed E-state index contributed by atoms with van der Waals surface area (Å²) in [5.41, 5.74) is 0. The van der Waals surface area contributed by atoms with Crippen LogP contribution >= 0.6 is 0 Å². The third-order valence-corrected chi connectivity index (χ3v) is 5.98. The molecular formula is C16H29N3O2S. The second-order valence-electron chi connectivity index (χ2n) is 5.68. The standard InChI is InChI=1S/C16H29N3O2S/c1-3-5-7-8-9-12-16(15-18,11-6-4-2)22(20,21)19-14-10-13-17/h19H,3-12,14H2,1-2H3. The van der Waals surface area contributed by atoms with Crippen LogP contribution in [0.1, 0.15) is 78.1 Å². The van der Waals surface area contributed by atoms with E-state index in [0.717, 1.165) is 38.5 Å². The van der Waals surface area contributed by atoms with Crippen molar-refractivity contribution in [3.8, 4) is 12.1 Å². The Balaban J connectivity index is 4.91. The summed E-state index contributed by atoms with van der Waals surface area (Å²) in [6.07, 6.45) is 7.46. The predicted octanol–water partition coefficient (Wildman–Crippen LogP) is 3.63. The number of sulfonamides is 1. The van der Waals surface area contributed by atoms with Gasteiger partial charge in [-0.1, -0.05) is 58.8 Å². The molecule has 0 aliphatic rings. The predicted molar refractivity (Wildman–Crippen MR) is 88.4 cm³/mol. The van der Waals surface area contributed by atoms with Gasteiger partial charge < -0.3 is 0 Å². The van der Waals surface area contributed by atoms with E-state index in [1.807, 2.05) is 13.0 Å². The first-order valence-corrected chi connectivity index (χ1v) is 9.75. The summed E-state index contributed by atoms with van der Waals surface area (Å²) < 4.78 is 26.2. The van der Waals surface area contributed by atoms with E-state index in [2.05, 4.69) is 17.7 Å². The molecule has 0 saturated heterocycles. The third kappa shape index (κ3) is 6.77. The van der Waals surface area contributed by atoms with E-state index >= 15 is 0 Å². The molecule has 0 rings (SSSR count). The molecule has 0 spiro atoms. The van der Waals surface area contributed by atoms with Crippen LogP contribution in [-0.4, -0.2) is 19.7 Å². The van der Waals surface area contributed by atoms with Crippen LogP contribution in [0.4, 0.5) is 0 Å². The van der Waals surface area contributed by atoms with E-state index in [1.165, 1.54) is 0 Å². The number of nitrogens with zero attached hydrogens (tertiary/aromatic N) is 2. The minimum absolute atomic E-state index is 0.0736. The van der Waals surface area contributed by atoms with Crippen LogP contribution < -0.4 is 4.72 Å². The molecule has 0 aliphatic heterocycles. The molecule has 1 atom stereocenters. The van der Waals surface area contributed by atoms with E-state index in [-0.39, 0.29) is 13.0 Å². The number of rotatable bonds is 13. The van der Waals surface area contributed by atoms with Crippen molar-refractivity contribution in [1.29, 1.82) is 10.5 Å². The highest BCUT2D eigenvalue weighted by atomic mass is 32.2. The van der Waals surface area contributed by atoms with Gasteiger partial charge in [0.25, 0.3) is 0 Å². The van der Waals surface area contributed by atoms with Crippen LogP contribution in [0.5, 0.6) is 0 Å². The topological polar surface area (TPSA) is 93.8 Å². The van der Waals surface area contributed by atoms with Gasteiger partial charge in [0.15, 0.2) is 4.75 Å². The summed E-state index contributed by atoms with van der Waals surface area (Å²) in [7, 11) is -3.73. The van der Waals surface area contributed by atoms with Crippen molar-refractivity contribution in [2.24, 2.45) is 0 Å². The first-order chi connectivity index (χ1) is 10.5. The minimum Gasteiger partial charge on any atom is -0.213 e. The molecule has 0 aromatic carbocycles.